The maximum atomic E-state index is 12.5. The van der Waals surface area contributed by atoms with Gasteiger partial charge in [0.15, 0.2) is 0 Å². The highest BCUT2D eigenvalue weighted by Crippen LogP contribution is 2.14. The molecule has 1 unspecified atom stereocenters. The van der Waals surface area contributed by atoms with Crippen molar-refractivity contribution in [2.45, 2.75) is 25.4 Å². The number of piperidine rings is 1. The molecule has 2 aromatic rings. The molecule has 1 N–H and O–H groups in total. The summed E-state index contributed by atoms with van der Waals surface area (Å²) in [5, 5.41) is 3.08. The molecule has 3 rings (SSSR count). The van der Waals surface area contributed by atoms with Crippen LogP contribution in [0.3, 0.4) is 0 Å². The van der Waals surface area contributed by atoms with Crippen LogP contribution >= 0.6 is 0 Å². The van der Waals surface area contributed by atoms with E-state index in [9.17, 15) is 9.59 Å². The minimum Gasteiger partial charge on any atom is -0.465 e. The first-order valence-corrected chi connectivity index (χ1v) is 8.77. The number of ether oxygens (including phenoxy) is 1. The number of aromatic nitrogens is 1. The summed E-state index contributed by atoms with van der Waals surface area (Å²) in [7, 11) is 1.33. The fourth-order valence-electron chi connectivity index (χ4n) is 3.21. The Labute approximate surface area is 153 Å². The molecule has 0 spiro atoms. The van der Waals surface area contributed by atoms with Crippen LogP contribution in [0.2, 0.25) is 0 Å². The summed E-state index contributed by atoms with van der Waals surface area (Å²) in [6.45, 7) is 2.57. The number of methoxy groups -OCH3 is 1. The molecule has 1 atom stereocenters. The second kappa shape index (κ2) is 8.58. The summed E-state index contributed by atoms with van der Waals surface area (Å²) in [4.78, 5) is 30.9. The summed E-state index contributed by atoms with van der Waals surface area (Å²) in [5.74, 6) is -0.612. The molecule has 6 nitrogen and oxygen atoms in total. The summed E-state index contributed by atoms with van der Waals surface area (Å²) in [6, 6.07) is 12.6. The van der Waals surface area contributed by atoms with Crippen LogP contribution in [0.25, 0.3) is 0 Å². The Morgan fingerprint density at radius 3 is 2.85 bits per heavy atom. The van der Waals surface area contributed by atoms with Crippen molar-refractivity contribution in [1.82, 2.24) is 15.2 Å². The van der Waals surface area contributed by atoms with Gasteiger partial charge in [-0.2, -0.15) is 0 Å². The number of hydrogen-bond acceptors (Lipinski definition) is 5. The predicted octanol–water partition coefficient (Wildman–Crippen LogP) is 2.26. The first-order valence-electron chi connectivity index (χ1n) is 8.77. The zero-order valence-corrected chi connectivity index (χ0v) is 14.9. The molecule has 1 aliphatic heterocycles. The lowest BCUT2D eigenvalue weighted by Gasteiger charge is -2.32. The molecule has 136 valence electrons. The van der Waals surface area contributed by atoms with Crippen LogP contribution in [0, 0.1) is 0 Å². The number of esters is 1. The molecule has 0 bridgehead atoms. The van der Waals surface area contributed by atoms with E-state index in [2.05, 4.69) is 15.2 Å². The fraction of sp³-hybridized carbons (Fsp3) is 0.350. The molecule has 0 radical (unpaired) electrons. The van der Waals surface area contributed by atoms with Crippen molar-refractivity contribution in [3.63, 3.8) is 0 Å². The lowest BCUT2D eigenvalue weighted by atomic mass is 10.0. The van der Waals surface area contributed by atoms with Crippen molar-refractivity contribution in [3.05, 3.63) is 65.5 Å². The molecule has 1 amide bonds. The number of pyridine rings is 1. The number of nitrogens with zero attached hydrogens (tertiary/aromatic N) is 2. The standard InChI is InChI=1S/C20H23N3O3/c1-26-20(25)16-7-4-6-15(12-16)19(24)22-18-9-5-11-23(14-18)13-17-8-2-3-10-21-17/h2-4,6-8,10,12,18H,5,9,11,13-14H2,1H3,(H,22,24). The first-order chi connectivity index (χ1) is 12.7. The highest BCUT2D eigenvalue weighted by Gasteiger charge is 2.22. The Morgan fingerprint density at radius 1 is 1.23 bits per heavy atom. The molecule has 0 aliphatic carbocycles. The molecule has 26 heavy (non-hydrogen) atoms. The number of nitrogens with one attached hydrogen (secondary N) is 1. The quantitative estimate of drug-likeness (QED) is 0.835. The molecule has 2 heterocycles. The molecular weight excluding hydrogens is 330 g/mol. The molecule has 1 fully saturated rings. The van der Waals surface area contributed by atoms with Crippen LogP contribution in [0.1, 0.15) is 39.3 Å². The van der Waals surface area contributed by atoms with E-state index in [-0.39, 0.29) is 11.9 Å². The van der Waals surface area contributed by atoms with Gasteiger partial charge >= 0.3 is 5.97 Å². The van der Waals surface area contributed by atoms with Crippen LogP contribution in [0.15, 0.2) is 48.7 Å². The maximum absolute atomic E-state index is 12.5. The molecule has 1 saturated heterocycles. The minimum absolute atomic E-state index is 0.0849. The van der Waals surface area contributed by atoms with Crippen molar-refractivity contribution < 1.29 is 14.3 Å². The maximum Gasteiger partial charge on any atom is 0.337 e. The van der Waals surface area contributed by atoms with Crippen molar-refractivity contribution in [2.75, 3.05) is 20.2 Å². The number of carbonyl (C=O) groups excluding carboxylic acids is 2. The molecular formula is C20H23N3O3. The van der Waals surface area contributed by atoms with Crippen molar-refractivity contribution in [1.29, 1.82) is 0 Å². The second-order valence-electron chi connectivity index (χ2n) is 6.44. The van der Waals surface area contributed by atoms with Gasteiger partial charge < -0.3 is 10.1 Å². The minimum atomic E-state index is -0.446. The zero-order valence-electron chi connectivity index (χ0n) is 14.9. The first kappa shape index (κ1) is 18.1. The zero-order chi connectivity index (χ0) is 18.4. The number of benzene rings is 1. The third-order valence-electron chi connectivity index (χ3n) is 4.50. The normalized spacial score (nSPS) is 17.5. The lowest BCUT2D eigenvalue weighted by molar-refractivity contribution is 0.0600. The van der Waals surface area contributed by atoms with Gasteiger partial charge in [-0.3, -0.25) is 14.7 Å². The number of hydrogen-bond donors (Lipinski definition) is 1. The van der Waals surface area contributed by atoms with Crippen molar-refractivity contribution >= 4 is 11.9 Å². The van der Waals surface area contributed by atoms with Crippen LogP contribution in [0.5, 0.6) is 0 Å². The van der Waals surface area contributed by atoms with Crippen molar-refractivity contribution in [3.8, 4) is 0 Å². The smallest absolute Gasteiger partial charge is 0.337 e. The molecule has 0 saturated carbocycles. The van der Waals surface area contributed by atoms with E-state index in [1.165, 1.54) is 7.11 Å². The summed E-state index contributed by atoms with van der Waals surface area (Å²) < 4.78 is 4.71. The van der Waals surface area contributed by atoms with Gasteiger partial charge in [-0.05, 0) is 49.7 Å². The molecule has 1 aliphatic rings. The predicted molar refractivity (Wildman–Crippen MR) is 97.8 cm³/mol. The van der Waals surface area contributed by atoms with E-state index in [1.807, 2.05) is 18.2 Å². The van der Waals surface area contributed by atoms with E-state index >= 15 is 0 Å². The van der Waals surface area contributed by atoms with Crippen LogP contribution in [-0.4, -0.2) is 48.0 Å². The van der Waals surface area contributed by atoms with Crippen LogP contribution in [0.4, 0.5) is 0 Å². The average Bonchev–Trinajstić information content (AvgIpc) is 2.68. The number of carbonyl (C=O) groups is 2. The van der Waals surface area contributed by atoms with Gasteiger partial charge in [0.2, 0.25) is 0 Å². The highest BCUT2D eigenvalue weighted by molar-refractivity contribution is 5.98. The third kappa shape index (κ3) is 4.67. The van der Waals surface area contributed by atoms with Gasteiger partial charge in [0.05, 0.1) is 18.4 Å². The summed E-state index contributed by atoms with van der Waals surface area (Å²) >= 11 is 0. The van der Waals surface area contributed by atoms with E-state index in [0.29, 0.717) is 11.1 Å². The van der Waals surface area contributed by atoms with Crippen molar-refractivity contribution in [2.24, 2.45) is 0 Å². The van der Waals surface area contributed by atoms with Gasteiger partial charge in [0, 0.05) is 30.9 Å². The monoisotopic (exact) mass is 353 g/mol. The second-order valence-corrected chi connectivity index (χ2v) is 6.44. The largest absolute Gasteiger partial charge is 0.465 e. The Kier molecular flexibility index (Phi) is 5.96. The fourth-order valence-corrected chi connectivity index (χ4v) is 3.21. The van der Waals surface area contributed by atoms with Crippen LogP contribution in [-0.2, 0) is 11.3 Å². The average molecular weight is 353 g/mol. The van der Waals surface area contributed by atoms with Crippen LogP contribution < -0.4 is 5.32 Å². The van der Waals surface area contributed by atoms with Gasteiger partial charge in [0.25, 0.3) is 5.91 Å². The van der Waals surface area contributed by atoms with E-state index in [1.54, 1.807) is 30.5 Å². The topological polar surface area (TPSA) is 71.5 Å². The van der Waals surface area contributed by atoms with E-state index in [0.717, 1.165) is 38.2 Å². The van der Waals surface area contributed by atoms with Gasteiger partial charge in [-0.15, -0.1) is 0 Å². The Morgan fingerprint density at radius 2 is 2.08 bits per heavy atom. The molecule has 6 heteroatoms. The van der Waals surface area contributed by atoms with E-state index in [4.69, 9.17) is 4.74 Å². The number of amides is 1. The number of likely N-dealkylation sites (tertiary alicyclic amines) is 1. The number of rotatable bonds is 5. The third-order valence-corrected chi connectivity index (χ3v) is 4.50. The van der Waals surface area contributed by atoms with E-state index < -0.39 is 5.97 Å². The summed E-state index contributed by atoms with van der Waals surface area (Å²) in [6.07, 6.45) is 3.77. The summed E-state index contributed by atoms with van der Waals surface area (Å²) in [5.41, 5.74) is 1.88. The van der Waals surface area contributed by atoms with Gasteiger partial charge in [-0.25, -0.2) is 4.79 Å². The SMILES string of the molecule is COC(=O)c1cccc(C(=O)NC2CCCN(Cc3ccccn3)C2)c1. The molecule has 1 aromatic carbocycles. The Bertz CT molecular complexity index is 764. The molecule has 1 aromatic heterocycles. The van der Waals surface area contributed by atoms with Gasteiger partial charge in [-0.1, -0.05) is 12.1 Å². The van der Waals surface area contributed by atoms with Gasteiger partial charge in [0.1, 0.15) is 0 Å². The Balaban J connectivity index is 1.59. The Hall–Kier alpha value is -2.73. The lowest BCUT2D eigenvalue weighted by Crippen LogP contribution is -2.47. The highest BCUT2D eigenvalue weighted by atomic mass is 16.5.